The van der Waals surface area contributed by atoms with Crippen LogP contribution in [0.3, 0.4) is 0 Å². The highest BCUT2D eigenvalue weighted by atomic mass is 16.7. The lowest BCUT2D eigenvalue weighted by atomic mass is 9.75. The molecule has 8 heteroatoms. The van der Waals surface area contributed by atoms with Gasteiger partial charge < -0.3 is 25.2 Å². The Labute approximate surface area is 326 Å². The van der Waals surface area contributed by atoms with Gasteiger partial charge in [0.2, 0.25) is 5.91 Å². The van der Waals surface area contributed by atoms with Gasteiger partial charge in [-0.25, -0.2) is 0 Å². The molecule has 0 aromatic heterocycles. The molecule has 1 aliphatic carbocycles. The summed E-state index contributed by atoms with van der Waals surface area (Å²) in [5.41, 5.74) is 6.31. The summed E-state index contributed by atoms with van der Waals surface area (Å²) < 4.78 is 13.8. The smallest absolute Gasteiger partial charge is 0.251 e. The molecule has 0 radical (unpaired) electrons. The first-order valence-corrected chi connectivity index (χ1v) is 20.2. The van der Waals surface area contributed by atoms with E-state index >= 15 is 0 Å². The summed E-state index contributed by atoms with van der Waals surface area (Å²) >= 11 is 0. The molecule has 0 spiro atoms. The van der Waals surface area contributed by atoms with Crippen molar-refractivity contribution in [2.24, 2.45) is 11.8 Å². The Balaban J connectivity index is 1.13. The number of carbonyl (C=O) groups is 2. The molecule has 55 heavy (non-hydrogen) atoms. The van der Waals surface area contributed by atoms with E-state index in [1.165, 1.54) is 19.3 Å². The number of nitrogens with one attached hydrogen (secondary N) is 2. The predicted molar refractivity (Wildman–Crippen MR) is 216 cm³/mol. The number of fused-ring (bicyclic) bond motifs is 1. The Kier molecular flexibility index (Phi) is 12.2. The molecule has 2 heterocycles. The summed E-state index contributed by atoms with van der Waals surface area (Å²) in [6, 6.07) is 34.1. The summed E-state index contributed by atoms with van der Waals surface area (Å²) in [6.45, 7) is 9.44. The van der Waals surface area contributed by atoms with Crippen LogP contribution in [0.4, 0.5) is 0 Å². The van der Waals surface area contributed by atoms with Crippen molar-refractivity contribution in [3.8, 4) is 11.1 Å². The summed E-state index contributed by atoms with van der Waals surface area (Å²) in [5, 5.41) is 16.1. The fourth-order valence-electron chi connectivity index (χ4n) is 8.83. The summed E-state index contributed by atoms with van der Waals surface area (Å²) in [5.74, 6) is 0.630. The molecule has 4 aromatic rings. The summed E-state index contributed by atoms with van der Waals surface area (Å²) in [7, 11) is 0. The zero-order valence-electron chi connectivity index (χ0n) is 32.7. The van der Waals surface area contributed by atoms with Gasteiger partial charge in [0.15, 0.2) is 6.29 Å². The third-order valence-corrected chi connectivity index (χ3v) is 11.8. The van der Waals surface area contributed by atoms with Gasteiger partial charge >= 0.3 is 0 Å². The maximum Gasteiger partial charge on any atom is 0.251 e. The van der Waals surface area contributed by atoms with Crippen molar-refractivity contribution in [2.75, 3.05) is 6.54 Å². The topological polar surface area (TPSA) is 100 Å². The Morgan fingerprint density at radius 2 is 1.51 bits per heavy atom. The van der Waals surface area contributed by atoms with Gasteiger partial charge in [-0.1, -0.05) is 105 Å². The minimum absolute atomic E-state index is 0.0101. The van der Waals surface area contributed by atoms with E-state index in [0.717, 1.165) is 52.6 Å². The van der Waals surface area contributed by atoms with E-state index < -0.39 is 6.29 Å². The highest BCUT2D eigenvalue weighted by molar-refractivity contribution is 5.94. The second kappa shape index (κ2) is 17.2. The molecule has 3 N–H and O–H groups in total. The molecule has 290 valence electrons. The van der Waals surface area contributed by atoms with Gasteiger partial charge in [0.1, 0.15) is 0 Å². The van der Waals surface area contributed by atoms with Crippen molar-refractivity contribution in [1.82, 2.24) is 15.5 Å². The minimum atomic E-state index is -0.605. The van der Waals surface area contributed by atoms with Gasteiger partial charge in [-0.05, 0) is 98.4 Å². The van der Waals surface area contributed by atoms with Crippen molar-refractivity contribution < 1.29 is 24.2 Å². The van der Waals surface area contributed by atoms with Crippen LogP contribution in [0.1, 0.15) is 111 Å². The highest BCUT2D eigenvalue weighted by Gasteiger charge is 2.46. The number of nitrogens with zero attached hydrogens (tertiary/aromatic N) is 1. The summed E-state index contributed by atoms with van der Waals surface area (Å²) in [4.78, 5) is 29.0. The van der Waals surface area contributed by atoms with Gasteiger partial charge in [0, 0.05) is 41.7 Å². The van der Waals surface area contributed by atoms with E-state index in [0.29, 0.717) is 30.6 Å². The maximum absolute atomic E-state index is 13.9. The fourth-order valence-corrected chi connectivity index (χ4v) is 8.83. The van der Waals surface area contributed by atoms with E-state index in [1.807, 2.05) is 54.6 Å². The predicted octanol–water partition coefficient (Wildman–Crippen LogP) is 8.51. The van der Waals surface area contributed by atoms with E-state index in [1.54, 1.807) is 0 Å². The molecule has 8 nitrogen and oxygen atoms in total. The number of carbonyl (C=O) groups excluding carboxylic acids is 2. The number of aliphatic hydroxyl groups excluding tert-OH is 1. The van der Waals surface area contributed by atoms with Crippen LogP contribution in [0.5, 0.6) is 0 Å². The first-order chi connectivity index (χ1) is 26.6. The second-order valence-electron chi connectivity index (χ2n) is 16.8. The number of likely N-dealkylation sites (tertiary alicyclic amines) is 1. The number of benzene rings is 4. The third-order valence-electron chi connectivity index (χ3n) is 11.8. The normalized spacial score (nSPS) is 25.8. The molecule has 7 rings (SSSR count). The van der Waals surface area contributed by atoms with E-state index in [2.05, 4.69) is 91.8 Å². The average Bonchev–Trinajstić information content (AvgIpc) is 3.20. The van der Waals surface area contributed by atoms with Gasteiger partial charge in [-0.3, -0.25) is 14.5 Å². The molecular weight excluding hydrogens is 687 g/mol. The lowest BCUT2D eigenvalue weighted by Gasteiger charge is -2.51. The number of ether oxygens (including phenoxy) is 2. The van der Waals surface area contributed by atoms with E-state index in [4.69, 9.17) is 9.47 Å². The van der Waals surface area contributed by atoms with Crippen LogP contribution in [0, 0.1) is 11.8 Å². The molecule has 2 aliphatic heterocycles. The molecule has 2 amide bonds. The molecule has 4 aromatic carbocycles. The van der Waals surface area contributed by atoms with Crippen molar-refractivity contribution >= 4 is 11.8 Å². The molecule has 3 fully saturated rings. The zero-order chi connectivity index (χ0) is 38.5. The number of hydrogen-bond acceptors (Lipinski definition) is 6. The largest absolute Gasteiger partial charge is 0.392 e. The average molecular weight is 744 g/mol. The van der Waals surface area contributed by atoms with Crippen LogP contribution in [0.25, 0.3) is 11.1 Å². The molecule has 7 atom stereocenters. The molecule has 2 saturated heterocycles. The second-order valence-corrected chi connectivity index (χ2v) is 16.8. The first-order valence-electron chi connectivity index (χ1n) is 20.2. The van der Waals surface area contributed by atoms with Crippen molar-refractivity contribution in [2.45, 2.75) is 115 Å². The molecule has 3 aliphatic rings. The summed E-state index contributed by atoms with van der Waals surface area (Å²) in [6.07, 6.45) is 5.70. The fraction of sp³-hybridized carbons (Fsp3) is 0.447. The van der Waals surface area contributed by atoms with Crippen LogP contribution in [0.2, 0.25) is 0 Å². The number of aliphatic hydroxyl groups is 1. The SMILES string of the molecule is CC1C(CN2C(C(=O)NC(C)(C)C)CCC3CCCCC32)OC(c2ccc(-c3cccc(CNC(=O)c4ccccc4)c3)cc2)OC1c1ccc(CO)cc1. The Morgan fingerprint density at radius 1 is 0.782 bits per heavy atom. The molecular formula is C47H57N3O5. The van der Waals surface area contributed by atoms with Gasteiger partial charge in [-0.2, -0.15) is 0 Å². The number of piperidine rings is 1. The molecule has 0 bridgehead atoms. The Morgan fingerprint density at radius 3 is 2.24 bits per heavy atom. The van der Waals surface area contributed by atoms with E-state index in [-0.39, 0.29) is 48.1 Å². The monoisotopic (exact) mass is 743 g/mol. The Hall–Kier alpha value is -4.34. The number of rotatable bonds is 10. The lowest BCUT2D eigenvalue weighted by Crippen LogP contribution is -2.61. The molecule has 1 saturated carbocycles. The maximum atomic E-state index is 13.9. The van der Waals surface area contributed by atoms with Crippen LogP contribution in [-0.2, 0) is 27.4 Å². The zero-order valence-corrected chi connectivity index (χ0v) is 32.7. The number of amides is 2. The van der Waals surface area contributed by atoms with Gasteiger partial charge in [0.05, 0.1) is 24.9 Å². The van der Waals surface area contributed by atoms with Crippen LogP contribution in [0.15, 0.2) is 103 Å². The van der Waals surface area contributed by atoms with Crippen LogP contribution < -0.4 is 10.6 Å². The lowest BCUT2D eigenvalue weighted by molar-refractivity contribution is -0.278. The van der Waals surface area contributed by atoms with Crippen LogP contribution in [-0.4, -0.2) is 52.1 Å². The third kappa shape index (κ3) is 9.38. The highest BCUT2D eigenvalue weighted by Crippen LogP contribution is 2.44. The molecule has 7 unspecified atom stereocenters. The Bertz CT molecular complexity index is 1890. The van der Waals surface area contributed by atoms with Crippen molar-refractivity contribution in [1.29, 1.82) is 0 Å². The van der Waals surface area contributed by atoms with Crippen LogP contribution >= 0.6 is 0 Å². The van der Waals surface area contributed by atoms with Gasteiger partial charge in [-0.15, -0.1) is 0 Å². The van der Waals surface area contributed by atoms with Gasteiger partial charge in [0.25, 0.3) is 5.91 Å². The number of hydrogen-bond donors (Lipinski definition) is 3. The minimum Gasteiger partial charge on any atom is -0.392 e. The standard InChI is InChI=1S/C47H57N3O5/c1-31-42(29-50-40-16-9-8-12-35(40)25-26-41(50)45(53)49-47(2,3)4)54-46(55-43(31)36-19-17-32(30-51)18-20-36)38-23-21-34(22-24-38)39-15-10-11-33(27-39)28-48-44(52)37-13-6-5-7-14-37/h5-7,10-11,13-15,17-24,27,31,35,40-43,46,51H,8-9,12,16,25-26,28-30H2,1-4H3,(H,48,52)(H,49,53). The van der Waals surface area contributed by atoms with E-state index in [9.17, 15) is 14.7 Å². The quantitative estimate of drug-likeness (QED) is 0.151. The van der Waals surface area contributed by atoms with Crippen molar-refractivity contribution in [3.05, 3.63) is 131 Å². The first kappa shape index (κ1) is 38.9. The van der Waals surface area contributed by atoms with Crippen molar-refractivity contribution in [3.63, 3.8) is 0 Å².